The van der Waals surface area contributed by atoms with E-state index in [1.54, 1.807) is 0 Å². The third kappa shape index (κ3) is 2.25. The van der Waals surface area contributed by atoms with Gasteiger partial charge in [-0.1, -0.05) is 33.1 Å². The van der Waals surface area contributed by atoms with Crippen molar-refractivity contribution in [2.24, 2.45) is 23.5 Å². The van der Waals surface area contributed by atoms with Crippen LogP contribution in [-0.4, -0.2) is 29.6 Å². The van der Waals surface area contributed by atoms with Gasteiger partial charge in [-0.15, -0.1) is 0 Å². The van der Waals surface area contributed by atoms with Gasteiger partial charge in [-0.2, -0.15) is 0 Å². The number of fused-ring (bicyclic) bond motifs is 1. The fourth-order valence-electron chi connectivity index (χ4n) is 5.47. The molecule has 3 rings (SSSR count). The van der Waals surface area contributed by atoms with Crippen LogP contribution >= 0.6 is 0 Å². The van der Waals surface area contributed by atoms with Crippen molar-refractivity contribution in [3.8, 4) is 0 Å². The summed E-state index contributed by atoms with van der Waals surface area (Å²) in [7, 11) is 0. The monoisotopic (exact) mass is 264 g/mol. The van der Waals surface area contributed by atoms with Crippen molar-refractivity contribution >= 4 is 0 Å². The third-order valence-corrected chi connectivity index (χ3v) is 6.65. The molecular weight excluding hydrogens is 232 g/mol. The van der Waals surface area contributed by atoms with E-state index in [9.17, 15) is 0 Å². The minimum Gasteiger partial charge on any atom is -0.329 e. The quantitative estimate of drug-likeness (QED) is 0.828. The highest BCUT2D eigenvalue weighted by Gasteiger charge is 2.50. The lowest BCUT2D eigenvalue weighted by molar-refractivity contribution is -0.0248. The van der Waals surface area contributed by atoms with Crippen LogP contribution in [0.1, 0.15) is 65.2 Å². The van der Waals surface area contributed by atoms with Crippen molar-refractivity contribution < 1.29 is 0 Å². The van der Waals surface area contributed by atoms with E-state index in [-0.39, 0.29) is 0 Å². The van der Waals surface area contributed by atoms with Crippen LogP contribution in [0.5, 0.6) is 0 Å². The largest absolute Gasteiger partial charge is 0.329 e. The predicted octanol–water partition coefficient (Wildman–Crippen LogP) is 3.40. The van der Waals surface area contributed by atoms with Gasteiger partial charge in [-0.05, 0) is 56.4 Å². The predicted molar refractivity (Wildman–Crippen MR) is 81.0 cm³/mol. The first kappa shape index (κ1) is 13.9. The average Bonchev–Trinajstić information content (AvgIpc) is 2.86. The first-order valence-electron chi connectivity index (χ1n) is 8.64. The molecule has 3 fully saturated rings. The Balaban J connectivity index is 1.84. The molecule has 2 aliphatic carbocycles. The summed E-state index contributed by atoms with van der Waals surface area (Å²) in [6, 6.07) is 0.866. The Morgan fingerprint density at radius 2 is 1.84 bits per heavy atom. The highest BCUT2D eigenvalue weighted by Crippen LogP contribution is 2.47. The van der Waals surface area contributed by atoms with Crippen LogP contribution in [-0.2, 0) is 0 Å². The Hall–Kier alpha value is -0.0800. The third-order valence-electron chi connectivity index (χ3n) is 6.65. The molecule has 0 bridgehead atoms. The molecule has 110 valence electrons. The van der Waals surface area contributed by atoms with E-state index in [1.165, 1.54) is 57.9 Å². The molecule has 1 saturated heterocycles. The fraction of sp³-hybridized carbons (Fsp3) is 1.00. The van der Waals surface area contributed by atoms with E-state index in [0.29, 0.717) is 5.54 Å². The topological polar surface area (TPSA) is 29.3 Å². The van der Waals surface area contributed by atoms with Gasteiger partial charge >= 0.3 is 0 Å². The Kier molecular flexibility index (Phi) is 3.92. The molecule has 3 aliphatic rings. The second kappa shape index (κ2) is 5.37. The Morgan fingerprint density at radius 3 is 2.63 bits per heavy atom. The van der Waals surface area contributed by atoms with Crippen molar-refractivity contribution in [1.29, 1.82) is 0 Å². The van der Waals surface area contributed by atoms with E-state index in [1.807, 2.05) is 0 Å². The highest BCUT2D eigenvalue weighted by molar-refractivity contribution is 5.05. The van der Waals surface area contributed by atoms with Crippen LogP contribution < -0.4 is 5.73 Å². The lowest BCUT2D eigenvalue weighted by Crippen LogP contribution is -2.62. The summed E-state index contributed by atoms with van der Waals surface area (Å²) in [5, 5.41) is 0. The number of hydrogen-bond donors (Lipinski definition) is 1. The van der Waals surface area contributed by atoms with E-state index >= 15 is 0 Å². The lowest BCUT2D eigenvalue weighted by Gasteiger charge is -2.53. The molecule has 0 aromatic heterocycles. The minimum absolute atomic E-state index is 0.328. The van der Waals surface area contributed by atoms with Gasteiger partial charge < -0.3 is 5.73 Å². The number of likely N-dealkylation sites (tertiary alicyclic amines) is 1. The van der Waals surface area contributed by atoms with E-state index in [0.717, 1.165) is 30.3 Å². The van der Waals surface area contributed by atoms with E-state index in [2.05, 4.69) is 18.7 Å². The molecule has 1 heterocycles. The van der Waals surface area contributed by atoms with Crippen LogP contribution in [0, 0.1) is 17.8 Å². The molecule has 0 aromatic carbocycles. The maximum absolute atomic E-state index is 6.35. The van der Waals surface area contributed by atoms with E-state index in [4.69, 9.17) is 5.73 Å². The smallest absolute Gasteiger partial charge is 0.0362 e. The first-order valence-corrected chi connectivity index (χ1v) is 8.64. The number of hydrogen-bond acceptors (Lipinski definition) is 2. The van der Waals surface area contributed by atoms with Crippen LogP contribution in [0.15, 0.2) is 0 Å². The summed E-state index contributed by atoms with van der Waals surface area (Å²) in [6.45, 7) is 7.10. The summed E-state index contributed by atoms with van der Waals surface area (Å²) in [4.78, 5) is 2.90. The Morgan fingerprint density at radius 1 is 1.05 bits per heavy atom. The van der Waals surface area contributed by atoms with Gasteiger partial charge in [0, 0.05) is 18.1 Å². The van der Waals surface area contributed by atoms with Gasteiger partial charge in [0.15, 0.2) is 0 Å². The number of nitrogens with zero attached hydrogens (tertiary/aromatic N) is 1. The summed E-state index contributed by atoms with van der Waals surface area (Å²) in [5.74, 6) is 2.64. The van der Waals surface area contributed by atoms with Crippen molar-refractivity contribution in [1.82, 2.24) is 4.90 Å². The number of rotatable bonds is 2. The van der Waals surface area contributed by atoms with Gasteiger partial charge in [-0.25, -0.2) is 0 Å². The molecule has 0 amide bonds. The van der Waals surface area contributed by atoms with Crippen LogP contribution in [0.25, 0.3) is 0 Å². The summed E-state index contributed by atoms with van der Waals surface area (Å²) in [6.07, 6.45) is 11.4. The Labute approximate surface area is 119 Å². The van der Waals surface area contributed by atoms with Crippen LogP contribution in [0.2, 0.25) is 0 Å². The summed E-state index contributed by atoms with van der Waals surface area (Å²) < 4.78 is 0. The fourth-order valence-corrected chi connectivity index (χ4v) is 5.47. The molecule has 0 aromatic rings. The summed E-state index contributed by atoms with van der Waals surface area (Å²) >= 11 is 0. The van der Waals surface area contributed by atoms with E-state index < -0.39 is 0 Å². The molecular formula is C17H32N2. The lowest BCUT2D eigenvalue weighted by atomic mass is 9.68. The maximum Gasteiger partial charge on any atom is 0.0362 e. The number of nitrogens with two attached hydrogens (primary N) is 1. The molecule has 0 spiro atoms. The average molecular weight is 264 g/mol. The molecule has 0 radical (unpaired) electrons. The van der Waals surface area contributed by atoms with Crippen LogP contribution in [0.3, 0.4) is 0 Å². The zero-order valence-electron chi connectivity index (χ0n) is 12.9. The summed E-state index contributed by atoms with van der Waals surface area (Å²) in [5.41, 5.74) is 6.68. The van der Waals surface area contributed by atoms with Crippen molar-refractivity contribution in [3.63, 3.8) is 0 Å². The second-order valence-electron chi connectivity index (χ2n) is 7.69. The zero-order valence-corrected chi connectivity index (χ0v) is 12.9. The minimum atomic E-state index is 0.328. The van der Waals surface area contributed by atoms with Crippen molar-refractivity contribution in [2.75, 3.05) is 13.1 Å². The molecule has 5 atom stereocenters. The molecule has 2 heteroatoms. The molecule has 2 nitrogen and oxygen atoms in total. The molecule has 2 N–H and O–H groups in total. The SMILES string of the molecule is CC1CCC(C)C(CN)(N2CCC3CCCCC32)C1. The van der Waals surface area contributed by atoms with Crippen molar-refractivity contribution in [2.45, 2.75) is 76.8 Å². The highest BCUT2D eigenvalue weighted by atomic mass is 15.3. The Bertz CT molecular complexity index is 316. The normalized spacial score (nSPS) is 48.2. The second-order valence-corrected chi connectivity index (χ2v) is 7.69. The van der Waals surface area contributed by atoms with Gasteiger partial charge in [0.25, 0.3) is 0 Å². The molecule has 2 saturated carbocycles. The first-order chi connectivity index (χ1) is 9.17. The molecule has 19 heavy (non-hydrogen) atoms. The van der Waals surface area contributed by atoms with Crippen molar-refractivity contribution in [3.05, 3.63) is 0 Å². The zero-order chi connectivity index (χ0) is 13.5. The van der Waals surface area contributed by atoms with Crippen LogP contribution in [0.4, 0.5) is 0 Å². The van der Waals surface area contributed by atoms with Gasteiger partial charge in [0.05, 0.1) is 0 Å². The van der Waals surface area contributed by atoms with Gasteiger partial charge in [0.2, 0.25) is 0 Å². The van der Waals surface area contributed by atoms with Gasteiger partial charge in [-0.3, -0.25) is 4.90 Å². The van der Waals surface area contributed by atoms with Gasteiger partial charge in [0.1, 0.15) is 0 Å². The maximum atomic E-state index is 6.35. The molecule has 1 aliphatic heterocycles. The molecule has 5 unspecified atom stereocenters. The standard InChI is InChI=1S/C17H32N2/c1-13-7-8-14(2)17(11-13,12-18)19-10-9-15-5-3-4-6-16(15)19/h13-16H,3-12,18H2,1-2H3.